The third-order valence-electron chi connectivity index (χ3n) is 2.89. The van der Waals surface area contributed by atoms with Crippen LogP contribution < -0.4 is 0 Å². The van der Waals surface area contributed by atoms with Crippen LogP contribution in [0.3, 0.4) is 0 Å². The van der Waals surface area contributed by atoms with E-state index in [0.29, 0.717) is 5.92 Å². The molecule has 0 radical (unpaired) electrons. The number of nitrogens with zero attached hydrogens (tertiary/aromatic N) is 2. The highest BCUT2D eigenvalue weighted by Crippen LogP contribution is 2.41. The number of hydrogen-bond acceptors (Lipinski definition) is 4. The van der Waals surface area contributed by atoms with E-state index < -0.39 is 9.84 Å². The van der Waals surface area contributed by atoms with Crippen molar-refractivity contribution in [3.8, 4) is 0 Å². The van der Waals surface area contributed by atoms with Crippen molar-refractivity contribution in [3.05, 3.63) is 17.0 Å². The van der Waals surface area contributed by atoms with Gasteiger partial charge >= 0.3 is 0 Å². The summed E-state index contributed by atoms with van der Waals surface area (Å²) in [5, 5.41) is -0.0168. The Bertz CT molecular complexity index is 519. The Hall–Kier alpha value is -0.970. The van der Waals surface area contributed by atoms with Crippen LogP contribution in [0.25, 0.3) is 0 Å². The van der Waals surface area contributed by atoms with Gasteiger partial charge in [0.2, 0.25) is 15.0 Å². The summed E-state index contributed by atoms with van der Waals surface area (Å²) in [7, 11) is -3.30. The number of hydrogen-bond donors (Lipinski definition) is 0. The molecule has 0 aliphatic heterocycles. The minimum atomic E-state index is -3.30. The zero-order valence-corrected chi connectivity index (χ0v) is 10.6. The van der Waals surface area contributed by atoms with Crippen molar-refractivity contribution < 1.29 is 8.42 Å². The maximum Gasteiger partial charge on any atom is 0.247 e. The van der Waals surface area contributed by atoms with E-state index in [0.717, 1.165) is 42.5 Å². The Balaban J connectivity index is 2.61. The first kappa shape index (κ1) is 11.5. The Labute approximate surface area is 96.0 Å². The molecule has 16 heavy (non-hydrogen) atoms. The van der Waals surface area contributed by atoms with Gasteiger partial charge < -0.3 is 0 Å². The molecule has 0 amide bonds. The van der Waals surface area contributed by atoms with Crippen LogP contribution in [-0.2, 0) is 16.3 Å². The van der Waals surface area contributed by atoms with Gasteiger partial charge in [0.25, 0.3) is 0 Å². The Morgan fingerprint density at radius 2 is 1.94 bits per heavy atom. The summed E-state index contributed by atoms with van der Waals surface area (Å²) in [4.78, 5) is 8.35. The van der Waals surface area contributed by atoms with Crippen LogP contribution in [0.5, 0.6) is 0 Å². The molecular weight excluding hydrogens is 224 g/mol. The van der Waals surface area contributed by atoms with Crippen LogP contribution in [0.15, 0.2) is 5.16 Å². The predicted octanol–water partition coefficient (Wildman–Crippen LogP) is 1.63. The standard InChI is InChI=1S/C11H16N2O2S/c1-4-9-7(2)10(8-5-6-8)13-11(12-9)16(3,14)15/h8H,4-6H2,1-3H3. The SMILES string of the molecule is CCc1nc(S(C)(=O)=O)nc(C2CC2)c1C. The lowest BCUT2D eigenvalue weighted by molar-refractivity contribution is 0.590. The zero-order valence-electron chi connectivity index (χ0n) is 9.82. The second kappa shape index (κ2) is 3.80. The first-order valence-electron chi connectivity index (χ1n) is 5.51. The summed E-state index contributed by atoms with van der Waals surface area (Å²) in [5.41, 5.74) is 2.86. The van der Waals surface area contributed by atoms with Crippen molar-refractivity contribution in [2.45, 2.75) is 44.2 Å². The van der Waals surface area contributed by atoms with Gasteiger partial charge in [-0.05, 0) is 31.7 Å². The Morgan fingerprint density at radius 1 is 1.31 bits per heavy atom. The lowest BCUT2D eigenvalue weighted by Gasteiger charge is -2.09. The topological polar surface area (TPSA) is 59.9 Å². The van der Waals surface area contributed by atoms with Gasteiger partial charge in [-0.15, -0.1) is 0 Å². The maximum absolute atomic E-state index is 11.5. The van der Waals surface area contributed by atoms with Gasteiger partial charge in [0.1, 0.15) is 0 Å². The molecule has 1 fully saturated rings. The average Bonchev–Trinajstić information content (AvgIpc) is 3.00. The fourth-order valence-corrected chi connectivity index (χ4v) is 2.36. The van der Waals surface area contributed by atoms with E-state index in [-0.39, 0.29) is 5.16 Å². The van der Waals surface area contributed by atoms with Gasteiger partial charge in [0.15, 0.2) is 0 Å². The summed E-state index contributed by atoms with van der Waals surface area (Å²) in [6.07, 6.45) is 4.14. The predicted molar refractivity (Wildman–Crippen MR) is 61.2 cm³/mol. The van der Waals surface area contributed by atoms with Gasteiger partial charge in [-0.1, -0.05) is 6.92 Å². The quantitative estimate of drug-likeness (QED) is 0.753. The van der Waals surface area contributed by atoms with E-state index in [1.165, 1.54) is 0 Å². The Kier molecular flexibility index (Phi) is 2.74. The molecule has 5 heteroatoms. The molecule has 1 aromatic rings. The van der Waals surface area contributed by atoms with Gasteiger partial charge in [-0.3, -0.25) is 0 Å². The van der Waals surface area contributed by atoms with E-state index >= 15 is 0 Å². The minimum absolute atomic E-state index is 0.0168. The zero-order chi connectivity index (χ0) is 11.9. The summed E-state index contributed by atoms with van der Waals surface area (Å²) < 4.78 is 23.0. The highest BCUT2D eigenvalue weighted by Gasteiger charge is 2.29. The molecular formula is C11H16N2O2S. The summed E-state index contributed by atoms with van der Waals surface area (Å²) in [6, 6.07) is 0. The minimum Gasteiger partial charge on any atom is -0.223 e. The number of rotatable bonds is 3. The van der Waals surface area contributed by atoms with E-state index in [2.05, 4.69) is 9.97 Å². The van der Waals surface area contributed by atoms with Crippen LogP contribution in [0, 0.1) is 6.92 Å². The molecule has 0 atom stereocenters. The third kappa shape index (κ3) is 2.09. The van der Waals surface area contributed by atoms with Crippen molar-refractivity contribution in [1.82, 2.24) is 9.97 Å². The average molecular weight is 240 g/mol. The second-order valence-electron chi connectivity index (χ2n) is 4.36. The molecule has 4 nitrogen and oxygen atoms in total. The first-order chi connectivity index (χ1) is 7.43. The van der Waals surface area contributed by atoms with Crippen LogP contribution in [-0.4, -0.2) is 24.6 Å². The van der Waals surface area contributed by atoms with Crippen LogP contribution in [0.1, 0.15) is 42.6 Å². The molecule has 88 valence electrons. The Morgan fingerprint density at radius 3 is 2.38 bits per heavy atom. The summed E-state index contributed by atoms with van der Waals surface area (Å²) >= 11 is 0. The molecule has 0 aromatic carbocycles. The van der Waals surface area contributed by atoms with Crippen molar-refractivity contribution in [1.29, 1.82) is 0 Å². The molecule has 1 aliphatic rings. The fourth-order valence-electron chi connectivity index (χ4n) is 1.82. The number of sulfone groups is 1. The molecule has 0 bridgehead atoms. The van der Waals surface area contributed by atoms with Crippen molar-refractivity contribution in [2.24, 2.45) is 0 Å². The van der Waals surface area contributed by atoms with Crippen LogP contribution in [0.2, 0.25) is 0 Å². The van der Waals surface area contributed by atoms with E-state index in [9.17, 15) is 8.42 Å². The van der Waals surface area contributed by atoms with Crippen molar-refractivity contribution in [3.63, 3.8) is 0 Å². The number of aromatic nitrogens is 2. The third-order valence-corrected chi connectivity index (χ3v) is 3.74. The molecule has 1 heterocycles. The largest absolute Gasteiger partial charge is 0.247 e. The molecule has 2 rings (SSSR count). The van der Waals surface area contributed by atoms with Gasteiger partial charge in [-0.2, -0.15) is 0 Å². The molecule has 1 aromatic heterocycles. The summed E-state index contributed by atoms with van der Waals surface area (Å²) in [6.45, 7) is 3.97. The fraction of sp³-hybridized carbons (Fsp3) is 0.636. The maximum atomic E-state index is 11.5. The molecule has 0 spiro atoms. The normalized spacial score (nSPS) is 16.4. The van der Waals surface area contributed by atoms with Gasteiger partial charge in [0, 0.05) is 17.9 Å². The van der Waals surface area contributed by atoms with E-state index in [1.807, 2.05) is 13.8 Å². The van der Waals surface area contributed by atoms with Gasteiger partial charge in [0.05, 0.1) is 5.69 Å². The highest BCUT2D eigenvalue weighted by atomic mass is 32.2. The lowest BCUT2D eigenvalue weighted by atomic mass is 10.1. The van der Waals surface area contributed by atoms with Crippen molar-refractivity contribution in [2.75, 3.05) is 6.26 Å². The summed E-state index contributed by atoms with van der Waals surface area (Å²) in [5.74, 6) is 0.453. The van der Waals surface area contributed by atoms with E-state index in [1.54, 1.807) is 0 Å². The van der Waals surface area contributed by atoms with Crippen molar-refractivity contribution >= 4 is 9.84 Å². The second-order valence-corrected chi connectivity index (χ2v) is 6.27. The van der Waals surface area contributed by atoms with E-state index in [4.69, 9.17) is 0 Å². The molecule has 0 unspecified atom stereocenters. The highest BCUT2D eigenvalue weighted by molar-refractivity contribution is 7.90. The first-order valence-corrected chi connectivity index (χ1v) is 7.40. The molecule has 1 saturated carbocycles. The number of aryl methyl sites for hydroxylation is 1. The lowest BCUT2D eigenvalue weighted by Crippen LogP contribution is -2.10. The smallest absolute Gasteiger partial charge is 0.223 e. The molecule has 1 aliphatic carbocycles. The molecule has 0 saturated heterocycles. The van der Waals surface area contributed by atoms with Crippen LogP contribution in [0.4, 0.5) is 0 Å². The molecule has 0 N–H and O–H groups in total. The monoisotopic (exact) mass is 240 g/mol. The van der Waals surface area contributed by atoms with Crippen LogP contribution >= 0.6 is 0 Å². The van der Waals surface area contributed by atoms with Gasteiger partial charge in [-0.25, -0.2) is 18.4 Å².